The van der Waals surface area contributed by atoms with Crippen LogP contribution in [0.25, 0.3) is 0 Å². The van der Waals surface area contributed by atoms with Crippen LogP contribution in [-0.4, -0.2) is 80.8 Å². The number of halogens is 2. The Balaban J connectivity index is 0.00000450. The zero-order valence-electron chi connectivity index (χ0n) is 18.9. The third kappa shape index (κ3) is 10.3. The van der Waals surface area contributed by atoms with Crippen LogP contribution in [0.3, 0.4) is 0 Å². The maximum atomic E-state index is 13.3. The van der Waals surface area contributed by atoms with Crippen LogP contribution in [0.4, 0.5) is 4.39 Å². The van der Waals surface area contributed by atoms with Gasteiger partial charge in [0.15, 0.2) is 5.96 Å². The van der Waals surface area contributed by atoms with Crippen molar-refractivity contribution in [1.82, 2.24) is 20.4 Å². The summed E-state index contributed by atoms with van der Waals surface area (Å²) in [7, 11) is 0. The van der Waals surface area contributed by atoms with Crippen LogP contribution in [0, 0.1) is 11.7 Å². The molecule has 1 aromatic carbocycles. The summed E-state index contributed by atoms with van der Waals surface area (Å²) in [5.41, 5.74) is 0. The van der Waals surface area contributed by atoms with E-state index in [1.807, 2.05) is 6.92 Å². The lowest BCUT2D eigenvalue weighted by Gasteiger charge is -2.35. The number of hydrogen-bond acceptors (Lipinski definition) is 4. The van der Waals surface area contributed by atoms with E-state index in [0.717, 1.165) is 45.2 Å². The molecule has 8 heteroatoms. The molecule has 2 atom stereocenters. The summed E-state index contributed by atoms with van der Waals surface area (Å²) in [6.45, 7) is 17.5. The van der Waals surface area contributed by atoms with Crippen LogP contribution in [0.1, 0.15) is 27.7 Å². The molecule has 0 aliphatic carbocycles. The zero-order chi connectivity index (χ0) is 21.1. The highest BCUT2D eigenvalue weighted by atomic mass is 127. The maximum Gasteiger partial charge on any atom is 0.191 e. The van der Waals surface area contributed by atoms with E-state index in [4.69, 9.17) is 9.73 Å². The molecule has 1 heterocycles. The number of likely N-dealkylation sites (N-methyl/N-ethyl adjacent to an activating group) is 1. The van der Waals surface area contributed by atoms with Gasteiger partial charge in [0.2, 0.25) is 0 Å². The highest BCUT2D eigenvalue weighted by Crippen LogP contribution is 2.13. The average Bonchev–Trinajstić information content (AvgIpc) is 2.70. The largest absolute Gasteiger partial charge is 0.489 e. The van der Waals surface area contributed by atoms with Gasteiger partial charge >= 0.3 is 0 Å². The van der Waals surface area contributed by atoms with Gasteiger partial charge in [-0.05, 0) is 38.4 Å². The van der Waals surface area contributed by atoms with Gasteiger partial charge in [-0.1, -0.05) is 19.9 Å². The number of nitrogens with one attached hydrogen (secondary N) is 2. The van der Waals surface area contributed by atoms with Crippen LogP contribution in [-0.2, 0) is 0 Å². The number of hydrogen-bond donors (Lipinski definition) is 2. The standard InChI is InChI=1S/C22H38FN5O.HI/c1-5-24-22(26-16-19(4)29-21-9-7-8-20(23)14-21)25-15-18(3)17-28-12-10-27(6-2)11-13-28;/h7-9,14,18-19H,5-6,10-13,15-17H2,1-4H3,(H2,24,25,26);1H. The van der Waals surface area contributed by atoms with Crippen molar-refractivity contribution in [3.63, 3.8) is 0 Å². The number of nitrogens with zero attached hydrogens (tertiary/aromatic N) is 3. The molecule has 6 nitrogen and oxygen atoms in total. The Labute approximate surface area is 198 Å². The van der Waals surface area contributed by atoms with Crippen LogP contribution in [0.15, 0.2) is 29.3 Å². The van der Waals surface area contributed by atoms with Gasteiger partial charge in [0.1, 0.15) is 17.7 Å². The van der Waals surface area contributed by atoms with E-state index in [-0.39, 0.29) is 35.9 Å². The molecule has 1 fully saturated rings. The molecule has 0 saturated carbocycles. The van der Waals surface area contributed by atoms with Crippen molar-refractivity contribution in [1.29, 1.82) is 0 Å². The molecule has 0 spiro atoms. The van der Waals surface area contributed by atoms with Crippen molar-refractivity contribution in [2.45, 2.75) is 33.8 Å². The monoisotopic (exact) mass is 535 g/mol. The Bertz CT molecular complexity index is 625. The summed E-state index contributed by atoms with van der Waals surface area (Å²) in [6.07, 6.45) is -0.104. The molecule has 2 rings (SSSR count). The number of benzene rings is 1. The van der Waals surface area contributed by atoms with E-state index in [2.05, 4.69) is 41.2 Å². The molecule has 2 unspecified atom stereocenters. The smallest absolute Gasteiger partial charge is 0.191 e. The zero-order valence-corrected chi connectivity index (χ0v) is 21.2. The van der Waals surface area contributed by atoms with Crippen molar-refractivity contribution < 1.29 is 9.13 Å². The van der Waals surface area contributed by atoms with Gasteiger partial charge in [0.05, 0.1) is 6.54 Å². The summed E-state index contributed by atoms with van der Waals surface area (Å²) in [5.74, 6) is 1.55. The summed E-state index contributed by atoms with van der Waals surface area (Å²) in [6, 6.07) is 6.23. The maximum absolute atomic E-state index is 13.3. The summed E-state index contributed by atoms with van der Waals surface area (Å²) < 4.78 is 19.1. The molecule has 2 N–H and O–H groups in total. The lowest BCUT2D eigenvalue weighted by Crippen LogP contribution is -2.47. The highest BCUT2D eigenvalue weighted by molar-refractivity contribution is 14.0. The summed E-state index contributed by atoms with van der Waals surface area (Å²) in [5, 5.41) is 6.61. The Morgan fingerprint density at radius 1 is 1.13 bits per heavy atom. The molecule has 0 aromatic heterocycles. The van der Waals surface area contributed by atoms with Gasteiger partial charge in [0.25, 0.3) is 0 Å². The first-order chi connectivity index (χ1) is 14.0. The Hall–Kier alpha value is -1.13. The lowest BCUT2D eigenvalue weighted by molar-refractivity contribution is 0.125. The Kier molecular flexibility index (Phi) is 13.3. The van der Waals surface area contributed by atoms with Gasteiger partial charge < -0.3 is 25.2 Å². The quantitative estimate of drug-likeness (QED) is 0.274. The van der Waals surface area contributed by atoms with E-state index in [0.29, 0.717) is 18.2 Å². The van der Waals surface area contributed by atoms with Crippen LogP contribution < -0.4 is 15.4 Å². The second-order valence-corrected chi connectivity index (χ2v) is 7.83. The molecule has 0 bridgehead atoms. The molecule has 1 aromatic rings. The molecule has 172 valence electrons. The van der Waals surface area contributed by atoms with Crippen molar-refractivity contribution in [3.05, 3.63) is 30.1 Å². The van der Waals surface area contributed by atoms with Crippen molar-refractivity contribution in [2.24, 2.45) is 10.9 Å². The number of rotatable bonds is 10. The SMILES string of the molecule is CCNC(=NCC(C)CN1CCN(CC)CC1)NCC(C)Oc1cccc(F)c1.I. The van der Waals surface area contributed by atoms with Crippen molar-refractivity contribution in [3.8, 4) is 5.75 Å². The normalized spacial score (nSPS) is 17.7. The minimum Gasteiger partial charge on any atom is -0.489 e. The fraction of sp³-hybridized carbons (Fsp3) is 0.682. The lowest BCUT2D eigenvalue weighted by atomic mass is 10.1. The predicted molar refractivity (Wildman–Crippen MR) is 134 cm³/mol. The Morgan fingerprint density at radius 2 is 1.83 bits per heavy atom. The number of piperazine rings is 1. The minimum atomic E-state index is -0.289. The van der Waals surface area contributed by atoms with Crippen LogP contribution in [0.5, 0.6) is 5.75 Å². The van der Waals surface area contributed by atoms with Crippen LogP contribution in [0.2, 0.25) is 0 Å². The fourth-order valence-corrected chi connectivity index (χ4v) is 3.43. The first-order valence-corrected chi connectivity index (χ1v) is 10.9. The second kappa shape index (κ2) is 14.8. The molecule has 1 aliphatic rings. The molecule has 1 aliphatic heterocycles. The van der Waals surface area contributed by atoms with E-state index < -0.39 is 0 Å². The fourth-order valence-electron chi connectivity index (χ4n) is 3.43. The van der Waals surface area contributed by atoms with E-state index in [1.54, 1.807) is 12.1 Å². The van der Waals surface area contributed by atoms with Gasteiger partial charge in [-0.2, -0.15) is 0 Å². The van der Waals surface area contributed by atoms with Crippen molar-refractivity contribution >= 4 is 29.9 Å². The molecule has 0 radical (unpaired) electrons. The first-order valence-electron chi connectivity index (χ1n) is 10.9. The van der Waals surface area contributed by atoms with Crippen LogP contribution >= 0.6 is 24.0 Å². The Morgan fingerprint density at radius 3 is 2.47 bits per heavy atom. The molecular weight excluding hydrogens is 496 g/mol. The third-order valence-electron chi connectivity index (χ3n) is 5.08. The highest BCUT2D eigenvalue weighted by Gasteiger charge is 2.17. The molecule has 1 saturated heterocycles. The summed E-state index contributed by atoms with van der Waals surface area (Å²) in [4.78, 5) is 9.79. The van der Waals surface area contributed by atoms with Crippen molar-refractivity contribution in [2.75, 3.05) is 58.9 Å². The summed E-state index contributed by atoms with van der Waals surface area (Å²) >= 11 is 0. The first kappa shape index (κ1) is 26.9. The topological polar surface area (TPSA) is 52.1 Å². The van der Waals surface area contributed by atoms with Gasteiger partial charge in [-0.15, -0.1) is 24.0 Å². The average molecular weight is 535 g/mol. The van der Waals surface area contributed by atoms with E-state index in [1.165, 1.54) is 25.2 Å². The molecule has 0 amide bonds. The molecular formula is C22H39FIN5O. The van der Waals surface area contributed by atoms with Gasteiger partial charge in [-0.25, -0.2) is 4.39 Å². The van der Waals surface area contributed by atoms with E-state index >= 15 is 0 Å². The minimum absolute atomic E-state index is 0. The second-order valence-electron chi connectivity index (χ2n) is 7.83. The van der Waals surface area contributed by atoms with Gasteiger partial charge in [0, 0.05) is 51.9 Å². The molecule has 30 heavy (non-hydrogen) atoms. The number of aliphatic imine (C=N–C) groups is 1. The number of guanidine groups is 1. The predicted octanol–water partition coefficient (Wildman–Crippen LogP) is 3.04. The van der Waals surface area contributed by atoms with E-state index in [9.17, 15) is 4.39 Å². The third-order valence-corrected chi connectivity index (χ3v) is 5.08. The number of ether oxygens (including phenoxy) is 1. The van der Waals surface area contributed by atoms with Gasteiger partial charge in [-0.3, -0.25) is 4.99 Å².